The number of phenols is 2. The van der Waals surface area contributed by atoms with Crippen LogP contribution in [0.1, 0.15) is 125 Å². The maximum atomic E-state index is 11.7. The summed E-state index contributed by atoms with van der Waals surface area (Å²) in [5, 5.41) is 23.3. The summed E-state index contributed by atoms with van der Waals surface area (Å²) in [5.74, 6) is 0.864. The lowest BCUT2D eigenvalue weighted by atomic mass is 9.66. The average Bonchev–Trinajstić information content (AvgIpc) is 2.77. The van der Waals surface area contributed by atoms with Crippen LogP contribution in [-0.2, 0) is 16.2 Å². The quantitative estimate of drug-likeness (QED) is 0.492. The van der Waals surface area contributed by atoms with E-state index in [-0.39, 0.29) is 10.8 Å². The van der Waals surface area contributed by atoms with Crippen LogP contribution in [0.4, 0.5) is 0 Å². The van der Waals surface area contributed by atoms with Gasteiger partial charge in [0.2, 0.25) is 0 Å². The van der Waals surface area contributed by atoms with E-state index in [4.69, 9.17) is 0 Å². The molecule has 0 bridgehead atoms. The molecule has 33 heavy (non-hydrogen) atoms. The Labute approximate surface area is 201 Å². The van der Waals surface area contributed by atoms with Gasteiger partial charge in [0.25, 0.3) is 0 Å². The Morgan fingerprint density at radius 2 is 0.939 bits per heavy atom. The van der Waals surface area contributed by atoms with Gasteiger partial charge in [0, 0.05) is 27.7 Å². The van der Waals surface area contributed by atoms with E-state index < -0.39 is 5.41 Å². The highest BCUT2D eigenvalue weighted by Crippen LogP contribution is 2.51. The first-order chi connectivity index (χ1) is 15.5. The molecule has 0 amide bonds. The Balaban J connectivity index is 1.86. The van der Waals surface area contributed by atoms with E-state index in [1.54, 1.807) is 0 Å². The van der Waals surface area contributed by atoms with Gasteiger partial charge < -0.3 is 10.2 Å². The summed E-state index contributed by atoms with van der Waals surface area (Å²) in [6, 6.07) is 8.67. The molecule has 4 rings (SSSR count). The maximum absolute atomic E-state index is 11.7. The normalized spacial score (nSPS) is 20.5. The molecule has 0 spiro atoms. The van der Waals surface area contributed by atoms with Gasteiger partial charge in [-0.1, -0.05) is 102 Å². The molecule has 2 nitrogen and oxygen atoms in total. The number of rotatable bonds is 4. The van der Waals surface area contributed by atoms with Gasteiger partial charge in [-0.05, 0) is 50.4 Å². The van der Waals surface area contributed by atoms with E-state index in [2.05, 4.69) is 65.8 Å². The molecule has 0 heterocycles. The second-order valence-corrected chi connectivity index (χ2v) is 12.3. The molecular formula is C31H44O2. The third kappa shape index (κ3) is 4.31. The lowest BCUT2D eigenvalue weighted by molar-refractivity contribution is 0.304. The molecule has 0 atom stereocenters. The van der Waals surface area contributed by atoms with Gasteiger partial charge in [0.1, 0.15) is 11.5 Å². The standard InChI is InChI=1S/C31H44O2/c1-21-17-23(27(32)25(19-21)30(5)13-9-7-10-14-30)29(3,4)24-18-22(2)20-26(28(24)33)31(6)15-11-8-12-16-31/h17-20,32-33H,7-16H2,1-6H3. The van der Waals surface area contributed by atoms with E-state index >= 15 is 0 Å². The number of aromatic hydroxyl groups is 2. The van der Waals surface area contributed by atoms with Crippen molar-refractivity contribution in [2.75, 3.05) is 0 Å². The molecule has 2 heteroatoms. The Kier molecular flexibility index (Phi) is 6.35. The van der Waals surface area contributed by atoms with Crippen molar-refractivity contribution in [2.45, 2.75) is 122 Å². The van der Waals surface area contributed by atoms with Gasteiger partial charge >= 0.3 is 0 Å². The van der Waals surface area contributed by atoms with Crippen molar-refractivity contribution in [1.29, 1.82) is 0 Å². The summed E-state index contributed by atoms with van der Waals surface area (Å²) in [4.78, 5) is 0. The van der Waals surface area contributed by atoms with Crippen molar-refractivity contribution in [3.63, 3.8) is 0 Å². The third-order valence-corrected chi connectivity index (χ3v) is 9.07. The van der Waals surface area contributed by atoms with Crippen LogP contribution < -0.4 is 0 Å². The fourth-order valence-electron chi connectivity index (χ4n) is 6.78. The van der Waals surface area contributed by atoms with Crippen LogP contribution in [0.15, 0.2) is 24.3 Å². The lowest BCUT2D eigenvalue weighted by Crippen LogP contribution is -2.28. The minimum absolute atomic E-state index is 0.0224. The van der Waals surface area contributed by atoms with Gasteiger partial charge in [0.15, 0.2) is 0 Å². The van der Waals surface area contributed by atoms with Crippen molar-refractivity contribution >= 4 is 0 Å². The highest BCUT2D eigenvalue weighted by atomic mass is 16.3. The van der Waals surface area contributed by atoms with Crippen LogP contribution in [0.5, 0.6) is 11.5 Å². The molecule has 0 radical (unpaired) electrons. The summed E-state index contributed by atoms with van der Waals surface area (Å²) in [6.45, 7) is 13.2. The molecule has 0 saturated heterocycles. The molecule has 2 aromatic carbocycles. The van der Waals surface area contributed by atoms with Crippen molar-refractivity contribution < 1.29 is 10.2 Å². The predicted octanol–water partition coefficient (Wildman–Crippen LogP) is 8.48. The van der Waals surface area contributed by atoms with Gasteiger partial charge in [-0.2, -0.15) is 0 Å². The number of benzene rings is 2. The highest BCUT2D eigenvalue weighted by Gasteiger charge is 2.38. The van der Waals surface area contributed by atoms with E-state index in [9.17, 15) is 10.2 Å². The van der Waals surface area contributed by atoms with Crippen LogP contribution in [-0.4, -0.2) is 10.2 Å². The van der Waals surface area contributed by atoms with Crippen LogP contribution >= 0.6 is 0 Å². The molecule has 2 fully saturated rings. The largest absolute Gasteiger partial charge is 0.507 e. The summed E-state index contributed by atoms with van der Waals surface area (Å²) >= 11 is 0. The number of hydrogen-bond acceptors (Lipinski definition) is 2. The monoisotopic (exact) mass is 448 g/mol. The van der Waals surface area contributed by atoms with E-state index in [1.165, 1.54) is 49.7 Å². The Morgan fingerprint density at radius 1 is 0.606 bits per heavy atom. The van der Waals surface area contributed by atoms with Crippen molar-refractivity contribution in [3.05, 3.63) is 57.6 Å². The zero-order valence-corrected chi connectivity index (χ0v) is 21.8. The predicted molar refractivity (Wildman–Crippen MR) is 139 cm³/mol. The van der Waals surface area contributed by atoms with Crippen molar-refractivity contribution in [3.8, 4) is 11.5 Å². The minimum atomic E-state index is -0.508. The first kappa shape index (κ1) is 24.2. The molecule has 2 aromatic rings. The molecule has 2 saturated carbocycles. The van der Waals surface area contributed by atoms with Crippen molar-refractivity contribution in [1.82, 2.24) is 0 Å². The minimum Gasteiger partial charge on any atom is -0.507 e. The zero-order chi connectivity index (χ0) is 24.0. The Morgan fingerprint density at radius 3 is 1.27 bits per heavy atom. The van der Waals surface area contributed by atoms with E-state index in [0.29, 0.717) is 11.5 Å². The second kappa shape index (κ2) is 8.67. The SMILES string of the molecule is Cc1cc(C2(C)CCCCC2)c(O)c(C(C)(C)c2cc(C)cc(C3(C)CCCCC3)c2O)c1. The van der Waals surface area contributed by atoms with Gasteiger partial charge in [-0.15, -0.1) is 0 Å². The summed E-state index contributed by atoms with van der Waals surface area (Å²) in [6.07, 6.45) is 12.0. The summed E-state index contributed by atoms with van der Waals surface area (Å²) < 4.78 is 0. The molecule has 0 aromatic heterocycles. The van der Waals surface area contributed by atoms with E-state index in [1.807, 2.05) is 0 Å². The number of hydrogen-bond donors (Lipinski definition) is 2. The highest BCUT2D eigenvalue weighted by molar-refractivity contribution is 5.59. The van der Waals surface area contributed by atoms with Crippen LogP contribution in [0.25, 0.3) is 0 Å². The summed E-state index contributed by atoms with van der Waals surface area (Å²) in [7, 11) is 0. The van der Waals surface area contributed by atoms with Crippen LogP contribution in [0, 0.1) is 13.8 Å². The molecule has 0 aliphatic heterocycles. The Hall–Kier alpha value is -1.96. The fraction of sp³-hybridized carbons (Fsp3) is 0.613. The average molecular weight is 449 g/mol. The smallest absolute Gasteiger partial charge is 0.123 e. The second-order valence-electron chi connectivity index (χ2n) is 12.3. The van der Waals surface area contributed by atoms with Crippen molar-refractivity contribution in [2.24, 2.45) is 0 Å². The molecular weight excluding hydrogens is 404 g/mol. The molecule has 180 valence electrons. The molecule has 2 N–H and O–H groups in total. The van der Waals surface area contributed by atoms with Gasteiger partial charge in [0.05, 0.1) is 0 Å². The number of phenolic OH excluding ortho intramolecular Hbond substituents is 2. The third-order valence-electron chi connectivity index (χ3n) is 9.07. The number of aryl methyl sites for hydroxylation is 2. The van der Waals surface area contributed by atoms with Gasteiger partial charge in [-0.3, -0.25) is 0 Å². The van der Waals surface area contributed by atoms with Crippen LogP contribution in [0.3, 0.4) is 0 Å². The lowest BCUT2D eigenvalue weighted by Gasteiger charge is -2.39. The van der Waals surface area contributed by atoms with Crippen LogP contribution in [0.2, 0.25) is 0 Å². The molecule has 0 unspecified atom stereocenters. The first-order valence-corrected chi connectivity index (χ1v) is 13.2. The maximum Gasteiger partial charge on any atom is 0.123 e. The summed E-state index contributed by atoms with van der Waals surface area (Å²) in [5.41, 5.74) is 5.96. The first-order valence-electron chi connectivity index (χ1n) is 13.2. The molecule has 2 aliphatic carbocycles. The topological polar surface area (TPSA) is 40.5 Å². The fourth-order valence-corrected chi connectivity index (χ4v) is 6.78. The van der Waals surface area contributed by atoms with E-state index in [0.717, 1.165) is 47.9 Å². The zero-order valence-electron chi connectivity index (χ0n) is 21.8. The molecule has 2 aliphatic rings. The van der Waals surface area contributed by atoms with Gasteiger partial charge in [-0.25, -0.2) is 0 Å². The Bertz CT molecular complexity index is 936.